The Bertz CT molecular complexity index is 733. The molecule has 2 aromatic heterocycles. The molecule has 7 nitrogen and oxygen atoms in total. The normalized spacial score (nSPS) is 24.2. The summed E-state index contributed by atoms with van der Waals surface area (Å²) in [5.74, 6) is 1.08. The number of fused-ring (bicyclic) bond motifs is 2. The number of carbonyl (C=O) groups is 1. The summed E-state index contributed by atoms with van der Waals surface area (Å²) in [4.78, 5) is 14.9. The van der Waals surface area contributed by atoms with Gasteiger partial charge < -0.3 is 10.2 Å². The first-order valence-electron chi connectivity index (χ1n) is 9.10. The van der Waals surface area contributed by atoms with Crippen molar-refractivity contribution >= 4 is 23.3 Å². The third-order valence-corrected chi connectivity index (χ3v) is 6.20. The van der Waals surface area contributed by atoms with E-state index in [4.69, 9.17) is 0 Å². The molecule has 0 aliphatic carbocycles. The van der Waals surface area contributed by atoms with Crippen molar-refractivity contribution in [3.05, 3.63) is 18.5 Å². The predicted molar refractivity (Wildman–Crippen MR) is 96.5 cm³/mol. The van der Waals surface area contributed by atoms with Crippen molar-refractivity contribution in [3.63, 3.8) is 0 Å². The van der Waals surface area contributed by atoms with E-state index in [1.807, 2.05) is 12.1 Å². The van der Waals surface area contributed by atoms with E-state index >= 15 is 0 Å². The largest absolute Gasteiger partial charge is 0.355 e. The molecule has 1 amide bonds. The number of thioether (sulfide) groups is 1. The molecule has 8 heteroatoms. The average Bonchev–Trinajstić information content (AvgIpc) is 3.12. The number of rotatable bonds is 5. The van der Waals surface area contributed by atoms with E-state index < -0.39 is 0 Å². The number of amides is 1. The van der Waals surface area contributed by atoms with Crippen LogP contribution in [0.5, 0.6) is 0 Å². The summed E-state index contributed by atoms with van der Waals surface area (Å²) in [7, 11) is 0. The number of nitrogens with zero attached hydrogens (tertiary/aromatic N) is 5. The summed E-state index contributed by atoms with van der Waals surface area (Å²) in [6.45, 7) is 3.28. The molecule has 0 aromatic carbocycles. The molecule has 4 heterocycles. The minimum atomic E-state index is 0.0867. The second-order valence-corrected chi connectivity index (χ2v) is 7.90. The third kappa shape index (κ3) is 3.95. The van der Waals surface area contributed by atoms with E-state index in [0.717, 1.165) is 11.6 Å². The van der Waals surface area contributed by atoms with Crippen LogP contribution < -0.4 is 5.32 Å². The van der Waals surface area contributed by atoms with Gasteiger partial charge in [0.05, 0.1) is 5.75 Å². The molecule has 2 aliphatic heterocycles. The summed E-state index contributed by atoms with van der Waals surface area (Å²) in [6, 6.07) is 4.41. The number of hydrogen-bond donors (Lipinski definition) is 1. The highest BCUT2D eigenvalue weighted by molar-refractivity contribution is 7.99. The van der Waals surface area contributed by atoms with Crippen molar-refractivity contribution in [2.75, 3.05) is 25.4 Å². The Hall–Kier alpha value is -1.67. The van der Waals surface area contributed by atoms with Crippen molar-refractivity contribution in [2.24, 2.45) is 5.92 Å². The Labute approximate surface area is 151 Å². The minimum absolute atomic E-state index is 0.0867. The molecule has 2 fully saturated rings. The maximum Gasteiger partial charge on any atom is 0.230 e. The van der Waals surface area contributed by atoms with Crippen LogP contribution in [-0.4, -0.2) is 62.0 Å². The Kier molecular flexibility index (Phi) is 5.17. The van der Waals surface area contributed by atoms with Gasteiger partial charge in [-0.15, -0.1) is 10.2 Å². The van der Waals surface area contributed by atoms with Crippen molar-refractivity contribution in [2.45, 2.75) is 43.2 Å². The Morgan fingerprint density at radius 2 is 2.16 bits per heavy atom. The van der Waals surface area contributed by atoms with Crippen LogP contribution in [0.15, 0.2) is 23.5 Å². The third-order valence-electron chi connectivity index (χ3n) is 5.28. The van der Waals surface area contributed by atoms with Gasteiger partial charge in [0.25, 0.3) is 0 Å². The lowest BCUT2D eigenvalue weighted by molar-refractivity contribution is -0.119. The van der Waals surface area contributed by atoms with Gasteiger partial charge in [-0.25, -0.2) is 0 Å². The van der Waals surface area contributed by atoms with E-state index in [0.29, 0.717) is 23.4 Å². The highest BCUT2D eigenvalue weighted by Crippen LogP contribution is 2.30. The van der Waals surface area contributed by atoms with Crippen molar-refractivity contribution in [1.29, 1.82) is 0 Å². The lowest BCUT2D eigenvalue weighted by Gasteiger charge is -2.44. The standard InChI is InChI=1S/C17H24N6OS/c24-16(11-25-17-7-6-15-20-19-12-23(15)21-17)18-10-13-4-3-9-22-8-2-1-5-14(13)22/h6-7,12-14H,1-5,8-11H2,(H,18,24)/t13-,14-/m0/s1. The first kappa shape index (κ1) is 16.8. The summed E-state index contributed by atoms with van der Waals surface area (Å²) < 4.78 is 1.62. The van der Waals surface area contributed by atoms with Crippen LogP contribution in [-0.2, 0) is 4.79 Å². The average molecular weight is 360 g/mol. The number of aromatic nitrogens is 4. The highest BCUT2D eigenvalue weighted by atomic mass is 32.2. The van der Waals surface area contributed by atoms with E-state index in [9.17, 15) is 4.79 Å². The molecular formula is C17H24N6OS. The van der Waals surface area contributed by atoms with E-state index in [1.165, 1.54) is 57.0 Å². The molecule has 0 saturated carbocycles. The zero-order valence-electron chi connectivity index (χ0n) is 14.3. The van der Waals surface area contributed by atoms with Crippen LogP contribution >= 0.6 is 11.8 Å². The number of piperidine rings is 2. The monoisotopic (exact) mass is 360 g/mol. The van der Waals surface area contributed by atoms with Crippen molar-refractivity contribution in [3.8, 4) is 0 Å². The summed E-state index contributed by atoms with van der Waals surface area (Å²) in [6.07, 6.45) is 8.01. The van der Waals surface area contributed by atoms with Crippen molar-refractivity contribution in [1.82, 2.24) is 30.0 Å². The molecule has 2 aromatic rings. The molecule has 1 N–H and O–H groups in total. The van der Waals surface area contributed by atoms with Crippen LogP contribution in [0, 0.1) is 5.92 Å². The van der Waals surface area contributed by atoms with Gasteiger partial charge >= 0.3 is 0 Å². The smallest absolute Gasteiger partial charge is 0.230 e. The molecule has 134 valence electrons. The number of hydrogen-bond acceptors (Lipinski definition) is 6. The van der Waals surface area contributed by atoms with Gasteiger partial charge in [-0.2, -0.15) is 9.61 Å². The Balaban J connectivity index is 1.25. The minimum Gasteiger partial charge on any atom is -0.355 e. The van der Waals surface area contributed by atoms with Gasteiger partial charge in [0.2, 0.25) is 5.91 Å². The fourth-order valence-corrected chi connectivity index (χ4v) is 4.73. The van der Waals surface area contributed by atoms with E-state index in [-0.39, 0.29) is 5.91 Å². The molecule has 2 atom stereocenters. The first-order valence-corrected chi connectivity index (χ1v) is 10.1. The molecule has 0 radical (unpaired) electrons. The Morgan fingerprint density at radius 1 is 1.24 bits per heavy atom. The molecule has 0 unspecified atom stereocenters. The zero-order chi connectivity index (χ0) is 17.1. The second-order valence-electron chi connectivity index (χ2n) is 6.90. The van der Waals surface area contributed by atoms with E-state index in [1.54, 1.807) is 10.8 Å². The zero-order valence-corrected chi connectivity index (χ0v) is 15.1. The summed E-state index contributed by atoms with van der Waals surface area (Å²) in [5, 5.41) is 16.1. The summed E-state index contributed by atoms with van der Waals surface area (Å²) in [5.41, 5.74) is 0.711. The van der Waals surface area contributed by atoms with Gasteiger partial charge in [0.15, 0.2) is 5.65 Å². The molecule has 0 spiro atoms. The van der Waals surface area contributed by atoms with Crippen LogP contribution in [0.4, 0.5) is 0 Å². The molecule has 2 aliphatic rings. The van der Waals surface area contributed by atoms with Crippen LogP contribution in [0.2, 0.25) is 0 Å². The topological polar surface area (TPSA) is 75.4 Å². The lowest BCUT2D eigenvalue weighted by Crippen LogP contribution is -2.51. The van der Waals surface area contributed by atoms with Crippen LogP contribution in [0.25, 0.3) is 5.65 Å². The molecule has 0 bridgehead atoms. The second kappa shape index (κ2) is 7.70. The van der Waals surface area contributed by atoms with Crippen LogP contribution in [0.3, 0.4) is 0 Å². The molecule has 2 saturated heterocycles. The first-order chi connectivity index (χ1) is 12.3. The fourth-order valence-electron chi connectivity index (χ4n) is 4.04. The quantitative estimate of drug-likeness (QED) is 0.816. The van der Waals surface area contributed by atoms with Gasteiger partial charge in [-0.05, 0) is 56.8 Å². The SMILES string of the molecule is O=C(CSc1ccc2nncn2n1)NC[C@@H]1CCCN2CCCC[C@@H]12. The predicted octanol–water partition coefficient (Wildman–Crippen LogP) is 1.60. The van der Waals surface area contributed by atoms with Gasteiger partial charge in [-0.3, -0.25) is 4.79 Å². The highest BCUT2D eigenvalue weighted by Gasteiger charge is 2.32. The van der Waals surface area contributed by atoms with Gasteiger partial charge in [0.1, 0.15) is 11.4 Å². The molecule has 25 heavy (non-hydrogen) atoms. The van der Waals surface area contributed by atoms with Crippen LogP contribution in [0.1, 0.15) is 32.1 Å². The lowest BCUT2D eigenvalue weighted by atomic mass is 9.83. The number of nitrogens with one attached hydrogen (secondary N) is 1. The molecule has 4 rings (SSSR count). The van der Waals surface area contributed by atoms with Gasteiger partial charge in [0, 0.05) is 12.6 Å². The summed E-state index contributed by atoms with van der Waals surface area (Å²) >= 11 is 1.45. The fraction of sp³-hybridized carbons (Fsp3) is 0.647. The number of carbonyl (C=O) groups excluding carboxylic acids is 1. The maximum absolute atomic E-state index is 12.2. The van der Waals surface area contributed by atoms with E-state index in [2.05, 4.69) is 25.5 Å². The van der Waals surface area contributed by atoms with Crippen molar-refractivity contribution < 1.29 is 4.79 Å². The van der Waals surface area contributed by atoms with Gasteiger partial charge in [-0.1, -0.05) is 18.2 Å². The molecular weight excluding hydrogens is 336 g/mol. The Morgan fingerprint density at radius 3 is 3.12 bits per heavy atom. The maximum atomic E-state index is 12.2.